The molecule has 0 heterocycles. The van der Waals surface area contributed by atoms with E-state index in [0.717, 1.165) is 47.7 Å². The number of rotatable bonds is 5. The van der Waals surface area contributed by atoms with Crippen molar-refractivity contribution in [2.75, 3.05) is 14.2 Å². The second-order valence-electron chi connectivity index (χ2n) is 5.08. The number of allylic oxidation sites excluding steroid dienone is 1. The Hall–Kier alpha value is -0.590. The molecule has 0 radical (unpaired) electrons. The average molecular weight is 394 g/mol. The molecule has 0 amide bonds. The topological polar surface area (TPSA) is 52.6 Å². The highest BCUT2D eigenvalue weighted by atomic mass is 127. The molecular formula is C15H23IO4. The van der Waals surface area contributed by atoms with Crippen molar-refractivity contribution in [2.24, 2.45) is 5.41 Å². The molecule has 5 heteroatoms. The molecular weight excluding hydrogens is 371 g/mol. The van der Waals surface area contributed by atoms with Gasteiger partial charge in [0.2, 0.25) is 0 Å². The van der Waals surface area contributed by atoms with E-state index >= 15 is 0 Å². The number of methoxy groups -OCH3 is 2. The van der Waals surface area contributed by atoms with Crippen LogP contribution in [0.1, 0.15) is 51.9 Å². The van der Waals surface area contributed by atoms with Gasteiger partial charge in [-0.15, -0.1) is 0 Å². The number of carbonyl (C=O) groups excluding carboxylic acids is 2. The second kappa shape index (κ2) is 8.00. The zero-order chi connectivity index (χ0) is 15.2. The molecule has 20 heavy (non-hydrogen) atoms. The van der Waals surface area contributed by atoms with Crippen LogP contribution in [0, 0.1) is 5.41 Å². The molecule has 4 nitrogen and oxygen atoms in total. The first-order chi connectivity index (χ1) is 9.54. The van der Waals surface area contributed by atoms with Crippen LogP contribution < -0.4 is 0 Å². The highest BCUT2D eigenvalue weighted by molar-refractivity contribution is 14.1. The molecule has 0 bridgehead atoms. The monoisotopic (exact) mass is 394 g/mol. The van der Waals surface area contributed by atoms with Crippen molar-refractivity contribution in [1.82, 2.24) is 0 Å². The van der Waals surface area contributed by atoms with E-state index in [9.17, 15) is 9.59 Å². The highest BCUT2D eigenvalue weighted by Gasteiger charge is 2.53. The van der Waals surface area contributed by atoms with Gasteiger partial charge in [-0.05, 0) is 63.8 Å². The third kappa shape index (κ3) is 3.35. The molecule has 1 saturated carbocycles. The summed E-state index contributed by atoms with van der Waals surface area (Å²) >= 11 is 2.27. The summed E-state index contributed by atoms with van der Waals surface area (Å²) in [6.45, 7) is 2.13. The van der Waals surface area contributed by atoms with Crippen LogP contribution in [0.3, 0.4) is 0 Å². The summed E-state index contributed by atoms with van der Waals surface area (Å²) in [5.74, 6) is -0.963. The molecule has 114 valence electrons. The number of esters is 2. The Bertz CT molecular complexity index is 385. The summed E-state index contributed by atoms with van der Waals surface area (Å²) in [4.78, 5) is 24.6. The Morgan fingerprint density at radius 2 is 1.80 bits per heavy atom. The third-order valence-electron chi connectivity index (χ3n) is 3.89. The largest absolute Gasteiger partial charge is 0.468 e. The Labute approximate surface area is 134 Å². The maximum atomic E-state index is 12.3. The Morgan fingerprint density at radius 1 is 1.20 bits per heavy atom. The maximum absolute atomic E-state index is 12.3. The van der Waals surface area contributed by atoms with Crippen molar-refractivity contribution in [1.29, 1.82) is 0 Å². The molecule has 1 aliphatic carbocycles. The number of unbranched alkanes of at least 4 members (excludes halogenated alkanes) is 1. The van der Waals surface area contributed by atoms with Crippen LogP contribution in [0.2, 0.25) is 0 Å². The first-order valence-electron chi connectivity index (χ1n) is 7.09. The molecule has 0 spiro atoms. The quantitative estimate of drug-likeness (QED) is 0.405. The van der Waals surface area contributed by atoms with Crippen LogP contribution in [-0.4, -0.2) is 26.2 Å². The maximum Gasteiger partial charge on any atom is 0.327 e. The fraction of sp³-hybridized carbons (Fsp3) is 0.733. The zero-order valence-electron chi connectivity index (χ0n) is 12.5. The lowest BCUT2D eigenvalue weighted by molar-refractivity contribution is -0.167. The van der Waals surface area contributed by atoms with Crippen molar-refractivity contribution in [3.05, 3.63) is 9.15 Å². The molecule has 1 fully saturated rings. The third-order valence-corrected chi connectivity index (χ3v) is 5.08. The van der Waals surface area contributed by atoms with Crippen LogP contribution >= 0.6 is 22.6 Å². The molecule has 1 aliphatic rings. The van der Waals surface area contributed by atoms with Gasteiger partial charge in [0.05, 0.1) is 14.2 Å². The summed E-state index contributed by atoms with van der Waals surface area (Å²) in [6, 6.07) is 0. The van der Waals surface area contributed by atoms with Gasteiger partial charge in [0.15, 0.2) is 5.41 Å². The van der Waals surface area contributed by atoms with E-state index in [2.05, 4.69) is 29.5 Å². The van der Waals surface area contributed by atoms with Crippen LogP contribution in [0.25, 0.3) is 0 Å². The fourth-order valence-electron chi connectivity index (χ4n) is 2.79. The van der Waals surface area contributed by atoms with Gasteiger partial charge in [-0.25, -0.2) is 0 Å². The number of hydrogen-bond donors (Lipinski definition) is 0. The predicted molar refractivity (Wildman–Crippen MR) is 85.5 cm³/mol. The van der Waals surface area contributed by atoms with Crippen LogP contribution in [0.5, 0.6) is 0 Å². The van der Waals surface area contributed by atoms with E-state index in [1.807, 2.05) is 0 Å². The normalized spacial score (nSPS) is 20.2. The van der Waals surface area contributed by atoms with Gasteiger partial charge in [-0.1, -0.05) is 19.8 Å². The number of halogens is 1. The summed E-state index contributed by atoms with van der Waals surface area (Å²) in [5, 5.41) is 0. The molecule has 0 aromatic heterocycles. The van der Waals surface area contributed by atoms with Gasteiger partial charge in [-0.3, -0.25) is 9.59 Å². The lowest BCUT2D eigenvalue weighted by atomic mass is 9.69. The van der Waals surface area contributed by atoms with Crippen molar-refractivity contribution >= 4 is 34.5 Å². The zero-order valence-corrected chi connectivity index (χ0v) is 14.6. The van der Waals surface area contributed by atoms with Gasteiger partial charge in [0.1, 0.15) is 0 Å². The average Bonchev–Trinajstić information content (AvgIpc) is 2.50. The summed E-state index contributed by atoms with van der Waals surface area (Å²) in [7, 11) is 2.66. The van der Waals surface area contributed by atoms with Crippen LogP contribution in [-0.2, 0) is 19.1 Å². The van der Waals surface area contributed by atoms with E-state index in [1.54, 1.807) is 0 Å². The highest BCUT2D eigenvalue weighted by Crippen LogP contribution is 2.46. The van der Waals surface area contributed by atoms with Crippen molar-refractivity contribution in [3.63, 3.8) is 0 Å². The number of ether oxygens (including phenoxy) is 2. The predicted octanol–water partition coefficient (Wildman–Crippen LogP) is 3.77. The van der Waals surface area contributed by atoms with E-state index in [1.165, 1.54) is 14.2 Å². The smallest absolute Gasteiger partial charge is 0.327 e. The van der Waals surface area contributed by atoms with Crippen molar-refractivity contribution in [2.45, 2.75) is 51.9 Å². The Kier molecular flexibility index (Phi) is 6.99. The molecule has 0 atom stereocenters. The first kappa shape index (κ1) is 17.5. The molecule has 0 unspecified atom stereocenters. The molecule has 0 saturated heterocycles. The van der Waals surface area contributed by atoms with E-state index in [-0.39, 0.29) is 0 Å². The lowest BCUT2D eigenvalue weighted by Crippen LogP contribution is -2.45. The number of hydrogen-bond acceptors (Lipinski definition) is 4. The molecule has 0 aromatic carbocycles. The molecule has 0 N–H and O–H groups in total. The first-order valence-corrected chi connectivity index (χ1v) is 8.17. The standard InChI is InChI=1S/C15H23IO4/c1-4-5-9-12(16)11-8-6-7-10-15(11,13(17)19-2)14(18)20-3/h4-10H2,1-3H3/b12-11+. The molecule has 0 aromatic rings. The Balaban J connectivity index is 3.27. The van der Waals surface area contributed by atoms with E-state index in [0.29, 0.717) is 6.42 Å². The molecule has 1 rings (SSSR count). The van der Waals surface area contributed by atoms with Gasteiger partial charge < -0.3 is 9.47 Å². The van der Waals surface area contributed by atoms with Gasteiger partial charge in [0.25, 0.3) is 0 Å². The minimum absolute atomic E-state index is 0.482. The van der Waals surface area contributed by atoms with Crippen LogP contribution in [0.15, 0.2) is 9.15 Å². The minimum Gasteiger partial charge on any atom is -0.468 e. The van der Waals surface area contributed by atoms with Gasteiger partial charge in [-0.2, -0.15) is 0 Å². The van der Waals surface area contributed by atoms with Gasteiger partial charge in [0, 0.05) is 0 Å². The van der Waals surface area contributed by atoms with Crippen molar-refractivity contribution in [3.8, 4) is 0 Å². The SMILES string of the molecule is CCCC/C(I)=C1/CCCCC1(C(=O)OC)C(=O)OC. The fourth-order valence-corrected chi connectivity index (χ4v) is 3.90. The molecule has 0 aliphatic heterocycles. The summed E-state index contributed by atoms with van der Waals surface area (Å²) < 4.78 is 11.0. The Morgan fingerprint density at radius 3 is 2.30 bits per heavy atom. The van der Waals surface area contributed by atoms with Crippen LogP contribution in [0.4, 0.5) is 0 Å². The lowest BCUT2D eigenvalue weighted by Gasteiger charge is -2.35. The second-order valence-corrected chi connectivity index (χ2v) is 6.38. The van der Waals surface area contributed by atoms with Gasteiger partial charge >= 0.3 is 11.9 Å². The minimum atomic E-state index is -1.22. The summed E-state index contributed by atoms with van der Waals surface area (Å²) in [6.07, 6.45) is 6.15. The van der Waals surface area contributed by atoms with E-state index in [4.69, 9.17) is 9.47 Å². The van der Waals surface area contributed by atoms with Crippen molar-refractivity contribution < 1.29 is 19.1 Å². The number of carbonyl (C=O) groups is 2. The summed E-state index contributed by atoms with van der Waals surface area (Å²) in [5.41, 5.74) is -0.303. The van der Waals surface area contributed by atoms with E-state index < -0.39 is 17.4 Å².